The molecule has 1 aromatic carbocycles. The van der Waals surface area contributed by atoms with E-state index in [1.54, 1.807) is 12.1 Å². The third kappa shape index (κ3) is 5.27. The Kier molecular flexibility index (Phi) is 8.38. The summed E-state index contributed by atoms with van der Waals surface area (Å²) in [6, 6.07) is 5.55. The van der Waals surface area contributed by atoms with Crippen LogP contribution in [0.2, 0.25) is 0 Å². The predicted octanol–water partition coefficient (Wildman–Crippen LogP) is 10.3. The van der Waals surface area contributed by atoms with E-state index in [1.165, 1.54) is 36.5 Å². The molecular formula is C42H57NO3. The molecule has 0 saturated heterocycles. The zero-order valence-corrected chi connectivity index (χ0v) is 29.4. The summed E-state index contributed by atoms with van der Waals surface area (Å²) in [6.45, 7) is 23.3. The molecule has 0 heterocycles. The zero-order valence-electron chi connectivity index (χ0n) is 29.4. The van der Waals surface area contributed by atoms with Crippen molar-refractivity contribution in [3.63, 3.8) is 0 Å². The van der Waals surface area contributed by atoms with Gasteiger partial charge in [-0.2, -0.15) is 0 Å². The van der Waals surface area contributed by atoms with Crippen molar-refractivity contribution < 1.29 is 14.7 Å². The molecule has 5 aliphatic carbocycles. The molecule has 0 unspecified atom stereocenters. The number of fused-ring (bicyclic) bond motifs is 2. The highest BCUT2D eigenvalue weighted by Gasteiger charge is 2.55. The van der Waals surface area contributed by atoms with Gasteiger partial charge in [-0.25, -0.2) is 0 Å². The lowest BCUT2D eigenvalue weighted by Gasteiger charge is -2.59. The van der Waals surface area contributed by atoms with Crippen LogP contribution >= 0.6 is 0 Å². The van der Waals surface area contributed by atoms with E-state index in [0.29, 0.717) is 41.4 Å². The van der Waals surface area contributed by atoms with Crippen LogP contribution < -0.4 is 5.32 Å². The van der Waals surface area contributed by atoms with E-state index in [2.05, 4.69) is 60.0 Å². The molecule has 4 nitrogen and oxygen atoms in total. The van der Waals surface area contributed by atoms with Crippen LogP contribution in [0.25, 0.3) is 0 Å². The number of nitrogens with one attached hydrogen (secondary N) is 1. The van der Waals surface area contributed by atoms with Crippen molar-refractivity contribution in [3.05, 3.63) is 71.5 Å². The second-order valence-electron chi connectivity index (χ2n) is 17.1. The molecule has 0 bridgehead atoms. The summed E-state index contributed by atoms with van der Waals surface area (Å²) in [5.74, 6) is 2.00. The second kappa shape index (κ2) is 11.7. The number of allylic oxidation sites excluding steroid dienone is 5. The minimum Gasteiger partial charge on any atom is -0.508 e. The Labute approximate surface area is 277 Å². The fourth-order valence-corrected chi connectivity index (χ4v) is 11.2. The number of hydrogen-bond acceptors (Lipinski definition) is 4. The first-order chi connectivity index (χ1) is 21.6. The first kappa shape index (κ1) is 33.0. The van der Waals surface area contributed by atoms with E-state index in [1.807, 2.05) is 12.1 Å². The lowest BCUT2D eigenvalue weighted by atomic mass is 9.46. The molecule has 248 valence electrons. The molecule has 0 spiro atoms. The lowest BCUT2D eigenvalue weighted by Crippen LogP contribution is -2.51. The van der Waals surface area contributed by atoms with E-state index in [9.17, 15) is 14.7 Å². The molecule has 0 aromatic heterocycles. The SMILES string of the molecule is C=C1CCC[C@H]2[C@](C)(CC3=CC(=O)C=C(Nc4ccc(O)c(C[C@]5(C)[C@@H](C)CC[C@@]6(C)C(=C)CCC[C@@H]56)c4)C3=O)[C@@H](C)CC[C@@]12C. The average molecular weight is 624 g/mol. The highest BCUT2D eigenvalue weighted by molar-refractivity contribution is 6.21. The molecule has 4 saturated carbocycles. The normalized spacial score (nSPS) is 39.7. The van der Waals surface area contributed by atoms with Crippen molar-refractivity contribution >= 4 is 17.3 Å². The van der Waals surface area contributed by atoms with Gasteiger partial charge in [-0.15, -0.1) is 0 Å². The Bertz CT molecular complexity index is 1530. The molecule has 0 radical (unpaired) electrons. The van der Waals surface area contributed by atoms with Crippen LogP contribution in [0.4, 0.5) is 5.69 Å². The Morgan fingerprint density at radius 2 is 1.35 bits per heavy atom. The average Bonchev–Trinajstić information content (AvgIpc) is 3.00. The van der Waals surface area contributed by atoms with Crippen molar-refractivity contribution in [2.45, 2.75) is 119 Å². The number of Topliss-reactive ketones (excluding diaryl/α,β-unsaturated/α-hetero) is 1. The number of carbonyl (C=O) groups excluding carboxylic acids is 2. The molecule has 0 aliphatic heterocycles. The highest BCUT2D eigenvalue weighted by atomic mass is 16.3. The van der Waals surface area contributed by atoms with Gasteiger partial charge in [0, 0.05) is 17.3 Å². The van der Waals surface area contributed by atoms with E-state index in [-0.39, 0.29) is 39.0 Å². The van der Waals surface area contributed by atoms with Gasteiger partial charge in [0.15, 0.2) is 5.78 Å². The molecule has 4 heteroatoms. The maximum atomic E-state index is 14.1. The molecule has 4 fully saturated rings. The number of rotatable bonds is 6. The number of aromatic hydroxyl groups is 1. The zero-order chi connectivity index (χ0) is 33.2. The third-order valence-corrected chi connectivity index (χ3v) is 14.8. The number of phenolic OH excluding ortho intramolecular Hbond substituents is 1. The van der Waals surface area contributed by atoms with Gasteiger partial charge >= 0.3 is 0 Å². The molecule has 8 atom stereocenters. The molecule has 0 amide bonds. The summed E-state index contributed by atoms with van der Waals surface area (Å²) in [5.41, 5.74) is 5.50. The summed E-state index contributed by atoms with van der Waals surface area (Å²) in [4.78, 5) is 27.2. The Balaban J connectivity index is 1.23. The topological polar surface area (TPSA) is 66.4 Å². The summed E-state index contributed by atoms with van der Waals surface area (Å²) >= 11 is 0. The van der Waals surface area contributed by atoms with Crippen LogP contribution in [0.15, 0.2) is 65.9 Å². The third-order valence-electron chi connectivity index (χ3n) is 14.8. The van der Waals surface area contributed by atoms with Crippen molar-refractivity contribution in [2.24, 2.45) is 45.3 Å². The molecular weight excluding hydrogens is 566 g/mol. The van der Waals surface area contributed by atoms with Gasteiger partial charge in [-0.05, 0) is 152 Å². The first-order valence-corrected chi connectivity index (χ1v) is 18.1. The summed E-state index contributed by atoms with van der Waals surface area (Å²) in [6.07, 6.45) is 15.9. The predicted molar refractivity (Wildman–Crippen MR) is 188 cm³/mol. The summed E-state index contributed by atoms with van der Waals surface area (Å²) < 4.78 is 0. The van der Waals surface area contributed by atoms with Crippen LogP contribution in [0, 0.1) is 45.3 Å². The molecule has 2 N–H and O–H groups in total. The van der Waals surface area contributed by atoms with Crippen molar-refractivity contribution in [3.8, 4) is 5.75 Å². The minimum atomic E-state index is -0.140. The van der Waals surface area contributed by atoms with Gasteiger partial charge in [-0.1, -0.05) is 65.8 Å². The van der Waals surface area contributed by atoms with Crippen LogP contribution in [0.1, 0.15) is 118 Å². The van der Waals surface area contributed by atoms with Crippen molar-refractivity contribution in [1.82, 2.24) is 0 Å². The Morgan fingerprint density at radius 3 is 1.91 bits per heavy atom. The van der Waals surface area contributed by atoms with E-state index < -0.39 is 0 Å². The lowest BCUT2D eigenvalue weighted by molar-refractivity contribution is -0.116. The molecule has 46 heavy (non-hydrogen) atoms. The fraction of sp³-hybridized carbons (Fsp3) is 0.619. The van der Waals surface area contributed by atoms with Gasteiger partial charge in [0.25, 0.3) is 0 Å². The maximum absolute atomic E-state index is 14.1. The number of benzene rings is 1. The van der Waals surface area contributed by atoms with E-state index in [0.717, 1.165) is 62.6 Å². The monoisotopic (exact) mass is 623 g/mol. The minimum absolute atomic E-state index is 0.0172. The molecule has 5 aliphatic rings. The smallest absolute Gasteiger partial charge is 0.205 e. The molecule has 6 rings (SSSR count). The van der Waals surface area contributed by atoms with Gasteiger partial charge in [0.2, 0.25) is 5.78 Å². The number of ketones is 2. The van der Waals surface area contributed by atoms with E-state index in [4.69, 9.17) is 0 Å². The number of phenols is 1. The Morgan fingerprint density at radius 1 is 0.804 bits per heavy atom. The van der Waals surface area contributed by atoms with Crippen LogP contribution in [0.5, 0.6) is 5.75 Å². The maximum Gasteiger partial charge on any atom is 0.205 e. The van der Waals surface area contributed by atoms with E-state index >= 15 is 0 Å². The van der Waals surface area contributed by atoms with Crippen LogP contribution in [0.3, 0.4) is 0 Å². The van der Waals surface area contributed by atoms with Gasteiger partial charge in [0.05, 0.1) is 5.70 Å². The number of anilines is 1. The quantitative estimate of drug-likeness (QED) is 0.188. The highest BCUT2D eigenvalue weighted by Crippen LogP contribution is 2.64. The van der Waals surface area contributed by atoms with Gasteiger partial charge < -0.3 is 10.4 Å². The second-order valence-corrected chi connectivity index (χ2v) is 17.1. The number of hydrogen-bond donors (Lipinski definition) is 2. The fourth-order valence-electron chi connectivity index (χ4n) is 11.2. The van der Waals surface area contributed by atoms with Gasteiger partial charge in [-0.3, -0.25) is 9.59 Å². The largest absolute Gasteiger partial charge is 0.508 e. The summed E-state index contributed by atoms with van der Waals surface area (Å²) in [7, 11) is 0. The first-order valence-electron chi connectivity index (χ1n) is 18.1. The van der Waals surface area contributed by atoms with Crippen LogP contribution in [-0.2, 0) is 16.0 Å². The van der Waals surface area contributed by atoms with Crippen molar-refractivity contribution in [2.75, 3.05) is 5.32 Å². The van der Waals surface area contributed by atoms with Crippen LogP contribution in [-0.4, -0.2) is 16.7 Å². The van der Waals surface area contributed by atoms with Crippen molar-refractivity contribution in [1.29, 1.82) is 0 Å². The van der Waals surface area contributed by atoms with Gasteiger partial charge in [0.1, 0.15) is 5.75 Å². The molecule has 1 aromatic rings. The standard InChI is InChI=1S/C42H57NO3/c1-26-11-9-13-36-39(26,5)19-17-28(3)41(36,7)24-30-21-32(15-16-35(30)45)43-34-23-33(44)22-31(38(34)46)25-42(8)29(4)18-20-40(6)27(2)12-10-14-37(40)42/h15-16,21-23,28-29,36-37,43,45H,1-2,9-14,17-20,24-25H2,3-8H3/t28-,29-,36+,37+,39-,40-,41+,42+/m0/s1. The summed E-state index contributed by atoms with van der Waals surface area (Å²) in [5, 5.41) is 14.4. The number of carbonyl (C=O) groups is 2. The Hall–Kier alpha value is -2.88.